The molecular formula is C16H23Cl2N3O2S. The Labute approximate surface area is 158 Å². The molecule has 5 nitrogen and oxygen atoms in total. The topological polar surface area (TPSA) is 68.6 Å². The van der Waals surface area contributed by atoms with E-state index in [1.807, 2.05) is 11.4 Å². The van der Waals surface area contributed by atoms with Crippen molar-refractivity contribution in [3.63, 3.8) is 0 Å². The number of nitrogens with zero attached hydrogens (tertiary/aromatic N) is 2. The van der Waals surface area contributed by atoms with Gasteiger partial charge < -0.3 is 15.5 Å². The first kappa shape index (κ1) is 21.2. The smallest absolute Gasteiger partial charge is 0.142 e. The van der Waals surface area contributed by atoms with Crippen molar-refractivity contribution >= 4 is 36.2 Å². The Morgan fingerprint density at radius 1 is 1.33 bits per heavy atom. The van der Waals surface area contributed by atoms with Crippen molar-refractivity contribution in [2.75, 3.05) is 26.2 Å². The Morgan fingerprint density at radius 2 is 2.04 bits per heavy atom. The highest BCUT2D eigenvalue weighted by Gasteiger charge is 2.29. The molecule has 2 aromatic rings. The van der Waals surface area contributed by atoms with Crippen LogP contribution in [0.25, 0.3) is 0 Å². The van der Waals surface area contributed by atoms with Gasteiger partial charge in [-0.25, -0.2) is 0 Å². The van der Waals surface area contributed by atoms with E-state index in [0.717, 1.165) is 31.7 Å². The molecule has 24 heavy (non-hydrogen) atoms. The molecule has 3 heterocycles. The van der Waals surface area contributed by atoms with Gasteiger partial charge in [0.15, 0.2) is 0 Å². The van der Waals surface area contributed by atoms with Crippen molar-refractivity contribution in [1.29, 1.82) is 0 Å². The summed E-state index contributed by atoms with van der Waals surface area (Å²) in [6.07, 6.45) is 1.67. The number of aliphatic hydroxyl groups is 1. The molecule has 1 atom stereocenters. The lowest BCUT2D eigenvalue weighted by Crippen LogP contribution is -2.45. The number of aromatic hydroxyl groups is 1. The number of piperazine rings is 1. The Balaban J connectivity index is 0.00000144. The number of aliphatic hydroxyl groups excluding tert-OH is 1. The van der Waals surface area contributed by atoms with E-state index >= 15 is 0 Å². The summed E-state index contributed by atoms with van der Waals surface area (Å²) in [7, 11) is 0. The predicted molar refractivity (Wildman–Crippen MR) is 102 cm³/mol. The van der Waals surface area contributed by atoms with Gasteiger partial charge in [0.2, 0.25) is 0 Å². The lowest BCUT2D eigenvalue weighted by atomic mass is 9.97. The van der Waals surface area contributed by atoms with E-state index in [0.29, 0.717) is 11.3 Å². The molecule has 0 saturated carbocycles. The summed E-state index contributed by atoms with van der Waals surface area (Å²) in [6.45, 7) is 5.36. The van der Waals surface area contributed by atoms with Gasteiger partial charge in [-0.1, -0.05) is 6.07 Å². The Morgan fingerprint density at radius 3 is 2.62 bits per heavy atom. The van der Waals surface area contributed by atoms with Crippen LogP contribution in [0.5, 0.6) is 5.75 Å². The van der Waals surface area contributed by atoms with Crippen LogP contribution in [-0.2, 0) is 6.61 Å². The minimum atomic E-state index is -0.121. The number of nitrogens with one attached hydrogen (secondary N) is 1. The van der Waals surface area contributed by atoms with Crippen LogP contribution in [0.3, 0.4) is 0 Å². The largest absolute Gasteiger partial charge is 0.506 e. The molecule has 0 aromatic carbocycles. The maximum atomic E-state index is 10.6. The SMILES string of the molecule is Cc1ncc(CO)c([C@@H](c2cccs2)N2CCNCC2)c1O.Cl.Cl. The van der Waals surface area contributed by atoms with E-state index in [1.54, 1.807) is 24.5 Å². The average molecular weight is 392 g/mol. The maximum Gasteiger partial charge on any atom is 0.142 e. The molecule has 2 aromatic heterocycles. The standard InChI is InChI=1S/C16H21N3O2S.2ClH/c1-11-16(21)14(12(10-20)9-18-11)15(13-3-2-8-22-13)19-6-4-17-5-7-19;;/h2-3,8-9,15,17,20-21H,4-7,10H2,1H3;2*1H/t15-;;/m1../s1. The molecule has 0 radical (unpaired) electrons. The maximum absolute atomic E-state index is 10.6. The number of hydrogen-bond donors (Lipinski definition) is 3. The summed E-state index contributed by atoms with van der Waals surface area (Å²) in [4.78, 5) is 7.72. The van der Waals surface area contributed by atoms with Crippen LogP contribution in [-0.4, -0.2) is 46.3 Å². The number of pyridine rings is 1. The molecular weight excluding hydrogens is 369 g/mol. The second-order valence-electron chi connectivity index (χ2n) is 5.49. The van der Waals surface area contributed by atoms with Gasteiger partial charge in [0.25, 0.3) is 0 Å². The fourth-order valence-corrected chi connectivity index (χ4v) is 3.84. The summed E-state index contributed by atoms with van der Waals surface area (Å²) >= 11 is 1.68. The number of hydrogen-bond acceptors (Lipinski definition) is 6. The van der Waals surface area contributed by atoms with Crippen LogP contribution >= 0.6 is 36.2 Å². The third kappa shape index (κ3) is 4.20. The summed E-state index contributed by atoms with van der Waals surface area (Å²) < 4.78 is 0. The van der Waals surface area contributed by atoms with Gasteiger partial charge in [-0.15, -0.1) is 36.2 Å². The highest BCUT2D eigenvalue weighted by molar-refractivity contribution is 7.10. The van der Waals surface area contributed by atoms with Gasteiger partial charge in [0.05, 0.1) is 18.3 Å². The van der Waals surface area contributed by atoms with Crippen LogP contribution < -0.4 is 5.32 Å². The monoisotopic (exact) mass is 391 g/mol. The van der Waals surface area contributed by atoms with Gasteiger partial charge in [-0.2, -0.15) is 0 Å². The van der Waals surface area contributed by atoms with Crippen LogP contribution in [0.2, 0.25) is 0 Å². The van der Waals surface area contributed by atoms with Crippen LogP contribution in [0.15, 0.2) is 23.7 Å². The van der Waals surface area contributed by atoms with Crippen molar-refractivity contribution in [1.82, 2.24) is 15.2 Å². The molecule has 3 N–H and O–H groups in total. The number of thiophene rings is 1. The lowest BCUT2D eigenvalue weighted by Gasteiger charge is -2.35. The second-order valence-corrected chi connectivity index (χ2v) is 6.47. The molecule has 1 fully saturated rings. The molecule has 1 saturated heterocycles. The highest BCUT2D eigenvalue weighted by atomic mass is 35.5. The highest BCUT2D eigenvalue weighted by Crippen LogP contribution is 2.39. The van der Waals surface area contributed by atoms with Crippen molar-refractivity contribution in [3.8, 4) is 5.75 Å². The molecule has 1 aliphatic heterocycles. The number of aryl methyl sites for hydroxylation is 1. The van der Waals surface area contributed by atoms with E-state index in [9.17, 15) is 10.2 Å². The third-order valence-corrected chi connectivity index (χ3v) is 5.06. The Kier molecular flexibility index (Phi) is 8.42. The van der Waals surface area contributed by atoms with Gasteiger partial charge in [-0.3, -0.25) is 9.88 Å². The van der Waals surface area contributed by atoms with Gasteiger partial charge in [-0.05, 0) is 18.4 Å². The average Bonchev–Trinajstić information content (AvgIpc) is 3.07. The Hall–Kier alpha value is -0.890. The number of rotatable bonds is 4. The normalized spacial score (nSPS) is 16.1. The summed E-state index contributed by atoms with van der Waals surface area (Å²) in [5, 5.41) is 25.7. The molecule has 134 valence electrons. The predicted octanol–water partition coefficient (Wildman–Crippen LogP) is 2.49. The Bertz CT molecular complexity index is 635. The van der Waals surface area contributed by atoms with Crippen LogP contribution in [0.4, 0.5) is 0 Å². The molecule has 0 aliphatic carbocycles. The van der Waals surface area contributed by atoms with Crippen molar-refractivity contribution < 1.29 is 10.2 Å². The molecule has 0 spiro atoms. The second kappa shape index (κ2) is 9.56. The molecule has 3 rings (SSSR count). The van der Waals surface area contributed by atoms with Gasteiger partial charge in [0.1, 0.15) is 5.75 Å². The van der Waals surface area contributed by atoms with E-state index < -0.39 is 0 Å². The molecule has 0 bridgehead atoms. The fraction of sp³-hybridized carbons (Fsp3) is 0.438. The van der Waals surface area contributed by atoms with Crippen molar-refractivity contribution in [2.45, 2.75) is 19.6 Å². The minimum Gasteiger partial charge on any atom is -0.506 e. The summed E-state index contributed by atoms with van der Waals surface area (Å²) in [6, 6.07) is 4.08. The van der Waals surface area contributed by atoms with Gasteiger partial charge in [0, 0.05) is 48.4 Å². The lowest BCUT2D eigenvalue weighted by molar-refractivity contribution is 0.194. The van der Waals surface area contributed by atoms with E-state index in [2.05, 4.69) is 21.3 Å². The fourth-order valence-electron chi connectivity index (χ4n) is 2.98. The summed E-state index contributed by atoms with van der Waals surface area (Å²) in [5.74, 6) is 0.198. The third-order valence-electron chi connectivity index (χ3n) is 4.13. The van der Waals surface area contributed by atoms with E-state index in [-0.39, 0.29) is 43.2 Å². The van der Waals surface area contributed by atoms with Crippen molar-refractivity contribution in [3.05, 3.63) is 45.4 Å². The van der Waals surface area contributed by atoms with Crippen LogP contribution in [0, 0.1) is 6.92 Å². The van der Waals surface area contributed by atoms with E-state index in [4.69, 9.17) is 0 Å². The van der Waals surface area contributed by atoms with Crippen molar-refractivity contribution in [2.24, 2.45) is 0 Å². The molecule has 1 aliphatic rings. The molecule has 0 amide bonds. The first-order chi connectivity index (χ1) is 10.7. The molecule has 0 unspecified atom stereocenters. The first-order valence-electron chi connectivity index (χ1n) is 7.48. The van der Waals surface area contributed by atoms with Crippen LogP contribution in [0.1, 0.15) is 27.7 Å². The van der Waals surface area contributed by atoms with E-state index in [1.165, 1.54) is 4.88 Å². The zero-order chi connectivity index (χ0) is 15.5. The quantitative estimate of drug-likeness (QED) is 0.746. The number of aromatic nitrogens is 1. The summed E-state index contributed by atoms with van der Waals surface area (Å²) in [5.41, 5.74) is 2.09. The first-order valence-corrected chi connectivity index (χ1v) is 8.36. The zero-order valence-corrected chi connectivity index (χ0v) is 15.9. The zero-order valence-electron chi connectivity index (χ0n) is 13.4. The molecule has 8 heteroatoms. The van der Waals surface area contributed by atoms with Gasteiger partial charge >= 0.3 is 0 Å². The number of halogens is 2. The minimum absolute atomic E-state index is 0.